The van der Waals surface area contributed by atoms with Crippen LogP contribution in [0.15, 0.2) is 24.3 Å². The van der Waals surface area contributed by atoms with Gasteiger partial charge < -0.3 is 9.31 Å². The van der Waals surface area contributed by atoms with Crippen LogP contribution < -0.4 is 5.46 Å². The van der Waals surface area contributed by atoms with E-state index in [1.807, 2.05) is 24.3 Å². The monoisotopic (exact) mass is 281 g/mol. The molecular formula is C17H20BNO2. The van der Waals surface area contributed by atoms with Crippen LogP contribution in [-0.4, -0.2) is 18.8 Å². The second-order valence-electron chi connectivity index (χ2n) is 7.50. The molecule has 3 nitrogen and oxygen atoms in total. The summed E-state index contributed by atoms with van der Waals surface area (Å²) < 4.78 is 12.6. The first-order valence-corrected chi connectivity index (χ1v) is 7.79. The van der Waals surface area contributed by atoms with E-state index >= 15 is 0 Å². The molecular weight excluding hydrogens is 261 g/mol. The Morgan fingerprint density at radius 3 is 2.71 bits per heavy atom. The van der Waals surface area contributed by atoms with Crippen molar-refractivity contribution in [2.24, 2.45) is 17.3 Å². The van der Waals surface area contributed by atoms with E-state index in [4.69, 9.17) is 9.31 Å². The quantitative estimate of drug-likeness (QED) is 0.743. The Morgan fingerprint density at radius 2 is 2.00 bits per heavy atom. The van der Waals surface area contributed by atoms with Crippen molar-refractivity contribution in [3.05, 3.63) is 29.8 Å². The second kappa shape index (κ2) is 4.12. The minimum atomic E-state index is -0.397. The largest absolute Gasteiger partial charge is 0.496 e. The summed E-state index contributed by atoms with van der Waals surface area (Å²) in [5, 5.41) is 9.28. The van der Waals surface area contributed by atoms with E-state index in [2.05, 4.69) is 26.8 Å². The van der Waals surface area contributed by atoms with E-state index in [0.717, 1.165) is 17.8 Å². The minimum Gasteiger partial charge on any atom is -0.401 e. The SMILES string of the molecule is CC1(C)[C@@H]2C[C@H]1[C@@]1(C)OB(c3ccccc3C#N)O[C@@H]1C2. The highest BCUT2D eigenvalue weighted by atomic mass is 16.7. The number of rotatable bonds is 1. The summed E-state index contributed by atoms with van der Waals surface area (Å²) in [7, 11) is -0.397. The normalized spacial score (nSPS) is 39.3. The molecule has 2 bridgehead atoms. The molecule has 0 unspecified atom stereocenters. The summed E-state index contributed by atoms with van der Waals surface area (Å²) >= 11 is 0. The molecule has 1 saturated heterocycles. The molecule has 4 fully saturated rings. The maximum atomic E-state index is 9.28. The summed E-state index contributed by atoms with van der Waals surface area (Å²) in [6, 6.07) is 9.84. The fourth-order valence-corrected chi connectivity index (χ4v) is 4.80. The Labute approximate surface area is 126 Å². The maximum absolute atomic E-state index is 9.28. The summed E-state index contributed by atoms with van der Waals surface area (Å²) in [4.78, 5) is 0. The smallest absolute Gasteiger partial charge is 0.401 e. The highest BCUT2D eigenvalue weighted by Gasteiger charge is 2.68. The number of nitriles is 1. The van der Waals surface area contributed by atoms with Gasteiger partial charge in [0.25, 0.3) is 0 Å². The Hall–Kier alpha value is -1.31. The van der Waals surface area contributed by atoms with Gasteiger partial charge in [-0.15, -0.1) is 0 Å². The van der Waals surface area contributed by atoms with Gasteiger partial charge in [0.15, 0.2) is 0 Å². The van der Waals surface area contributed by atoms with Crippen LogP contribution in [0.4, 0.5) is 0 Å². The predicted molar refractivity (Wildman–Crippen MR) is 80.9 cm³/mol. The van der Waals surface area contributed by atoms with Gasteiger partial charge in [0, 0.05) is 5.46 Å². The average Bonchev–Trinajstić information content (AvgIpc) is 2.83. The van der Waals surface area contributed by atoms with Crippen molar-refractivity contribution >= 4 is 12.6 Å². The van der Waals surface area contributed by atoms with Gasteiger partial charge in [0.2, 0.25) is 0 Å². The van der Waals surface area contributed by atoms with E-state index < -0.39 is 7.12 Å². The maximum Gasteiger partial charge on any atom is 0.496 e. The second-order valence-corrected chi connectivity index (χ2v) is 7.50. The molecule has 21 heavy (non-hydrogen) atoms. The van der Waals surface area contributed by atoms with Crippen LogP contribution in [0.25, 0.3) is 0 Å². The van der Waals surface area contributed by atoms with Crippen molar-refractivity contribution < 1.29 is 9.31 Å². The van der Waals surface area contributed by atoms with E-state index in [1.165, 1.54) is 6.42 Å². The molecule has 1 aromatic carbocycles. The van der Waals surface area contributed by atoms with Crippen LogP contribution in [0.1, 0.15) is 39.2 Å². The standard InChI is InChI=1S/C17H20BNO2/c1-16(2)12-8-14(16)17(3)15(9-12)20-18(21-17)13-7-5-4-6-11(13)10-19/h4-7,12,14-15H,8-9H2,1-3H3/t12-,14-,15-,17-/m1/s1. The van der Waals surface area contributed by atoms with E-state index in [-0.39, 0.29) is 11.7 Å². The lowest BCUT2D eigenvalue weighted by molar-refractivity contribution is -0.199. The lowest BCUT2D eigenvalue weighted by atomic mass is 9.43. The highest BCUT2D eigenvalue weighted by molar-refractivity contribution is 6.62. The first-order chi connectivity index (χ1) is 9.96. The molecule has 4 aliphatic rings. The van der Waals surface area contributed by atoms with E-state index in [9.17, 15) is 5.26 Å². The van der Waals surface area contributed by atoms with E-state index in [0.29, 0.717) is 16.9 Å². The molecule has 108 valence electrons. The third kappa shape index (κ3) is 1.62. The van der Waals surface area contributed by atoms with Crippen LogP contribution >= 0.6 is 0 Å². The van der Waals surface area contributed by atoms with Gasteiger partial charge in [-0.2, -0.15) is 5.26 Å². The average molecular weight is 281 g/mol. The van der Waals surface area contributed by atoms with Crippen molar-refractivity contribution in [1.82, 2.24) is 0 Å². The van der Waals surface area contributed by atoms with Crippen molar-refractivity contribution in [2.75, 3.05) is 0 Å². The van der Waals surface area contributed by atoms with Crippen molar-refractivity contribution in [1.29, 1.82) is 5.26 Å². The van der Waals surface area contributed by atoms with Crippen LogP contribution in [-0.2, 0) is 9.31 Å². The molecule has 1 aromatic rings. The first kappa shape index (κ1) is 13.4. The summed E-state index contributed by atoms with van der Waals surface area (Å²) in [5.74, 6) is 1.29. The van der Waals surface area contributed by atoms with Gasteiger partial charge in [0.1, 0.15) is 0 Å². The molecule has 5 rings (SSSR count). The Balaban J connectivity index is 1.67. The van der Waals surface area contributed by atoms with Crippen LogP contribution in [0, 0.1) is 28.6 Å². The molecule has 3 saturated carbocycles. The Morgan fingerprint density at radius 1 is 1.24 bits per heavy atom. The first-order valence-electron chi connectivity index (χ1n) is 7.79. The van der Waals surface area contributed by atoms with Gasteiger partial charge in [-0.05, 0) is 43.1 Å². The molecule has 0 N–H and O–H groups in total. The summed E-state index contributed by atoms with van der Waals surface area (Å²) in [6.07, 6.45) is 2.48. The molecule has 3 aliphatic carbocycles. The van der Waals surface area contributed by atoms with E-state index in [1.54, 1.807) is 0 Å². The zero-order chi connectivity index (χ0) is 14.8. The van der Waals surface area contributed by atoms with Crippen LogP contribution in [0.2, 0.25) is 0 Å². The van der Waals surface area contributed by atoms with Gasteiger partial charge in [-0.25, -0.2) is 0 Å². The number of hydrogen-bond acceptors (Lipinski definition) is 3. The van der Waals surface area contributed by atoms with Crippen molar-refractivity contribution in [2.45, 2.75) is 45.3 Å². The molecule has 0 amide bonds. The van der Waals surface area contributed by atoms with Gasteiger partial charge >= 0.3 is 7.12 Å². The summed E-state index contributed by atoms with van der Waals surface area (Å²) in [5.41, 5.74) is 1.64. The molecule has 1 aliphatic heterocycles. The molecule has 4 atom stereocenters. The fraction of sp³-hybridized carbons (Fsp3) is 0.588. The molecule has 0 spiro atoms. The van der Waals surface area contributed by atoms with Gasteiger partial charge in [-0.3, -0.25) is 0 Å². The minimum absolute atomic E-state index is 0.158. The Bertz CT molecular complexity index is 638. The number of nitrogens with zero attached hydrogens (tertiary/aromatic N) is 1. The summed E-state index contributed by atoms with van der Waals surface area (Å²) in [6.45, 7) is 6.91. The zero-order valence-electron chi connectivity index (χ0n) is 12.8. The Kier molecular flexibility index (Phi) is 2.62. The number of benzene rings is 1. The van der Waals surface area contributed by atoms with Crippen molar-refractivity contribution in [3.8, 4) is 6.07 Å². The lowest BCUT2D eigenvalue weighted by Gasteiger charge is -2.64. The zero-order valence-corrected chi connectivity index (χ0v) is 12.8. The van der Waals surface area contributed by atoms with Gasteiger partial charge in [-0.1, -0.05) is 32.0 Å². The molecule has 4 heteroatoms. The van der Waals surface area contributed by atoms with Crippen LogP contribution in [0.3, 0.4) is 0 Å². The van der Waals surface area contributed by atoms with Gasteiger partial charge in [0.05, 0.1) is 23.3 Å². The molecule has 0 radical (unpaired) electrons. The third-order valence-corrected chi connectivity index (χ3v) is 6.28. The molecule has 0 aromatic heterocycles. The molecule has 1 heterocycles. The van der Waals surface area contributed by atoms with Crippen molar-refractivity contribution in [3.63, 3.8) is 0 Å². The lowest BCUT2D eigenvalue weighted by Crippen LogP contribution is -2.65. The number of hydrogen-bond donors (Lipinski definition) is 0. The topological polar surface area (TPSA) is 42.2 Å². The third-order valence-electron chi connectivity index (χ3n) is 6.28. The predicted octanol–water partition coefficient (Wildman–Crippen LogP) is 2.49. The fourth-order valence-electron chi connectivity index (χ4n) is 4.80. The highest BCUT2D eigenvalue weighted by Crippen LogP contribution is 2.65. The van der Waals surface area contributed by atoms with Crippen LogP contribution in [0.5, 0.6) is 0 Å².